The number of aromatic amines is 1. The second-order valence-electron chi connectivity index (χ2n) is 4.82. The minimum Gasteiger partial charge on any atom is -0.457 e. The first-order valence-electron chi connectivity index (χ1n) is 7.00. The second-order valence-corrected chi connectivity index (χ2v) is 5.26. The van der Waals surface area contributed by atoms with Crippen LogP contribution < -0.4 is 15.6 Å². The van der Waals surface area contributed by atoms with E-state index in [2.05, 4.69) is 15.3 Å². The van der Waals surface area contributed by atoms with Crippen LogP contribution in [0.1, 0.15) is 10.4 Å². The highest BCUT2D eigenvalue weighted by molar-refractivity contribution is 6.30. The molecule has 3 aromatic rings. The van der Waals surface area contributed by atoms with Gasteiger partial charge in [-0.25, -0.2) is 4.98 Å². The van der Waals surface area contributed by atoms with E-state index in [0.29, 0.717) is 22.1 Å². The Kier molecular flexibility index (Phi) is 4.58. The topological polar surface area (TPSA) is 84.1 Å². The molecule has 120 valence electrons. The molecule has 0 aliphatic heterocycles. The number of carbonyl (C=O) groups is 1. The fourth-order valence-electron chi connectivity index (χ4n) is 1.95. The lowest BCUT2D eigenvalue weighted by atomic mass is 10.2. The maximum Gasteiger partial charge on any atom is 0.258 e. The summed E-state index contributed by atoms with van der Waals surface area (Å²) >= 11 is 5.83. The number of H-pyrrole nitrogens is 1. The third-order valence-corrected chi connectivity index (χ3v) is 3.30. The number of ether oxygens (including phenoxy) is 1. The van der Waals surface area contributed by atoms with Crippen molar-refractivity contribution in [2.75, 3.05) is 5.32 Å². The Morgan fingerprint density at radius 1 is 1.08 bits per heavy atom. The second kappa shape index (κ2) is 6.97. The number of benzene rings is 2. The number of anilines is 1. The Labute approximate surface area is 142 Å². The van der Waals surface area contributed by atoms with Crippen LogP contribution in [0.4, 0.5) is 5.95 Å². The van der Waals surface area contributed by atoms with Crippen molar-refractivity contribution >= 4 is 23.5 Å². The number of aromatic nitrogens is 2. The summed E-state index contributed by atoms with van der Waals surface area (Å²) in [6.45, 7) is 0. The smallest absolute Gasteiger partial charge is 0.258 e. The van der Waals surface area contributed by atoms with Gasteiger partial charge in [-0.3, -0.25) is 19.9 Å². The van der Waals surface area contributed by atoms with Crippen molar-refractivity contribution < 1.29 is 9.53 Å². The van der Waals surface area contributed by atoms with Gasteiger partial charge in [-0.2, -0.15) is 0 Å². The van der Waals surface area contributed by atoms with Gasteiger partial charge in [0.05, 0.1) is 0 Å². The van der Waals surface area contributed by atoms with Crippen molar-refractivity contribution in [2.45, 2.75) is 0 Å². The lowest BCUT2D eigenvalue weighted by Crippen LogP contribution is -2.17. The summed E-state index contributed by atoms with van der Waals surface area (Å²) in [5.41, 5.74) is 0.0214. The average molecular weight is 342 g/mol. The van der Waals surface area contributed by atoms with E-state index in [9.17, 15) is 9.59 Å². The normalized spacial score (nSPS) is 10.2. The standard InChI is InChI=1S/C17H12ClN3O3/c18-12-4-6-13(7-5-12)24-14-3-1-2-11(10-14)16(23)21-17-19-9-8-15(22)20-17/h1-10H,(H2,19,20,21,22,23). The van der Waals surface area contributed by atoms with Crippen LogP contribution in [-0.2, 0) is 0 Å². The SMILES string of the molecule is O=C(Nc1nccc(=O)[nH]1)c1cccc(Oc2ccc(Cl)cc2)c1. The number of halogens is 1. The molecule has 0 aliphatic carbocycles. The molecule has 1 aromatic heterocycles. The number of amides is 1. The third-order valence-electron chi connectivity index (χ3n) is 3.05. The van der Waals surface area contributed by atoms with Crippen LogP contribution in [0.25, 0.3) is 0 Å². The van der Waals surface area contributed by atoms with Crippen LogP contribution >= 0.6 is 11.6 Å². The number of nitrogens with one attached hydrogen (secondary N) is 2. The van der Waals surface area contributed by atoms with E-state index in [4.69, 9.17) is 16.3 Å². The van der Waals surface area contributed by atoms with Crippen molar-refractivity contribution in [3.63, 3.8) is 0 Å². The van der Waals surface area contributed by atoms with E-state index in [0.717, 1.165) is 0 Å². The van der Waals surface area contributed by atoms with Crippen LogP contribution in [0.5, 0.6) is 11.5 Å². The molecule has 2 N–H and O–H groups in total. The highest BCUT2D eigenvalue weighted by Gasteiger charge is 2.09. The van der Waals surface area contributed by atoms with Crippen LogP contribution in [0, 0.1) is 0 Å². The number of rotatable bonds is 4. The Hall–Kier alpha value is -3.12. The van der Waals surface area contributed by atoms with Gasteiger partial charge in [-0.1, -0.05) is 17.7 Å². The lowest BCUT2D eigenvalue weighted by molar-refractivity contribution is 0.102. The van der Waals surface area contributed by atoms with E-state index < -0.39 is 5.91 Å². The zero-order valence-corrected chi connectivity index (χ0v) is 13.1. The minimum atomic E-state index is -0.411. The summed E-state index contributed by atoms with van der Waals surface area (Å²) in [7, 11) is 0. The largest absolute Gasteiger partial charge is 0.457 e. The molecule has 1 heterocycles. The highest BCUT2D eigenvalue weighted by atomic mass is 35.5. The van der Waals surface area contributed by atoms with E-state index in [-0.39, 0.29) is 11.5 Å². The summed E-state index contributed by atoms with van der Waals surface area (Å²) < 4.78 is 5.68. The maximum absolute atomic E-state index is 12.2. The third kappa shape index (κ3) is 3.99. The number of hydrogen-bond donors (Lipinski definition) is 2. The molecule has 0 atom stereocenters. The molecule has 1 amide bonds. The minimum absolute atomic E-state index is 0.0801. The summed E-state index contributed by atoms with van der Waals surface area (Å²) in [4.78, 5) is 29.7. The first-order valence-corrected chi connectivity index (χ1v) is 7.38. The van der Waals surface area contributed by atoms with Crippen LogP contribution in [0.2, 0.25) is 5.02 Å². The monoisotopic (exact) mass is 341 g/mol. The Balaban J connectivity index is 1.75. The van der Waals surface area contributed by atoms with E-state index in [1.54, 1.807) is 48.5 Å². The zero-order valence-electron chi connectivity index (χ0n) is 12.3. The molecule has 0 spiro atoms. The van der Waals surface area contributed by atoms with Gasteiger partial charge in [0.2, 0.25) is 5.95 Å². The quantitative estimate of drug-likeness (QED) is 0.761. The molecule has 6 nitrogen and oxygen atoms in total. The van der Waals surface area contributed by atoms with Gasteiger partial charge < -0.3 is 4.74 Å². The molecule has 0 unspecified atom stereocenters. The van der Waals surface area contributed by atoms with Gasteiger partial charge in [-0.15, -0.1) is 0 Å². The fourth-order valence-corrected chi connectivity index (χ4v) is 2.08. The van der Waals surface area contributed by atoms with Crippen molar-refractivity contribution in [3.8, 4) is 11.5 Å². The van der Waals surface area contributed by atoms with Crippen LogP contribution in [-0.4, -0.2) is 15.9 Å². The molecule has 0 bridgehead atoms. The predicted molar refractivity (Wildman–Crippen MR) is 90.8 cm³/mol. The van der Waals surface area contributed by atoms with Crippen molar-refractivity contribution in [3.05, 3.63) is 81.7 Å². The van der Waals surface area contributed by atoms with Gasteiger partial charge in [0.15, 0.2) is 0 Å². The molecule has 3 rings (SSSR count). The molecule has 0 saturated carbocycles. The molecule has 24 heavy (non-hydrogen) atoms. The van der Waals surface area contributed by atoms with Crippen molar-refractivity contribution in [1.29, 1.82) is 0 Å². The molecule has 0 saturated heterocycles. The molecule has 0 radical (unpaired) electrons. The summed E-state index contributed by atoms with van der Waals surface area (Å²) in [6.07, 6.45) is 1.31. The zero-order chi connectivity index (χ0) is 16.9. The van der Waals surface area contributed by atoms with E-state index >= 15 is 0 Å². The van der Waals surface area contributed by atoms with Gasteiger partial charge in [0.1, 0.15) is 11.5 Å². The van der Waals surface area contributed by atoms with Gasteiger partial charge in [0, 0.05) is 22.8 Å². The van der Waals surface area contributed by atoms with Crippen LogP contribution in [0.3, 0.4) is 0 Å². The summed E-state index contributed by atoms with van der Waals surface area (Å²) in [5.74, 6) is 0.771. The van der Waals surface area contributed by atoms with Gasteiger partial charge in [-0.05, 0) is 42.5 Å². The van der Waals surface area contributed by atoms with E-state index in [1.165, 1.54) is 12.3 Å². The molecular weight excluding hydrogens is 330 g/mol. The van der Waals surface area contributed by atoms with E-state index in [1.807, 2.05) is 0 Å². The molecule has 7 heteroatoms. The van der Waals surface area contributed by atoms with Crippen molar-refractivity contribution in [2.24, 2.45) is 0 Å². The molecular formula is C17H12ClN3O3. The predicted octanol–water partition coefficient (Wildman–Crippen LogP) is 3.47. The number of carbonyl (C=O) groups excluding carboxylic acids is 1. The summed E-state index contributed by atoms with van der Waals surface area (Å²) in [6, 6.07) is 14.8. The number of hydrogen-bond acceptors (Lipinski definition) is 4. The first-order chi connectivity index (χ1) is 11.6. The van der Waals surface area contributed by atoms with Gasteiger partial charge in [0.25, 0.3) is 11.5 Å². The molecule has 0 aliphatic rings. The number of nitrogens with zero attached hydrogens (tertiary/aromatic N) is 1. The Morgan fingerprint density at radius 3 is 2.62 bits per heavy atom. The lowest BCUT2D eigenvalue weighted by Gasteiger charge is -2.08. The summed E-state index contributed by atoms with van der Waals surface area (Å²) in [5, 5.41) is 3.13. The van der Waals surface area contributed by atoms with Crippen molar-refractivity contribution in [1.82, 2.24) is 9.97 Å². The molecule has 2 aromatic carbocycles. The maximum atomic E-state index is 12.2. The van der Waals surface area contributed by atoms with Gasteiger partial charge >= 0.3 is 0 Å². The van der Waals surface area contributed by atoms with Crippen LogP contribution in [0.15, 0.2) is 65.6 Å². The Bertz CT molecular complexity index is 923. The first kappa shape index (κ1) is 15.8. The highest BCUT2D eigenvalue weighted by Crippen LogP contribution is 2.24. The fraction of sp³-hybridized carbons (Fsp3) is 0. The Morgan fingerprint density at radius 2 is 1.88 bits per heavy atom. The molecule has 0 fully saturated rings. The average Bonchev–Trinajstić information content (AvgIpc) is 2.57.